The van der Waals surface area contributed by atoms with E-state index in [4.69, 9.17) is 13.8 Å². The highest BCUT2D eigenvalue weighted by Crippen LogP contribution is 2.61. The standard InChI is InChI=1S/C11H23O5P/c1-6-11(5,10(12)14-7-2)17(13,15-8-3)16-9-4/h6-9H2,1-5H3. The Morgan fingerprint density at radius 1 is 1.06 bits per heavy atom. The summed E-state index contributed by atoms with van der Waals surface area (Å²) in [4.78, 5) is 11.9. The summed E-state index contributed by atoms with van der Waals surface area (Å²) in [5, 5.41) is -1.24. The van der Waals surface area contributed by atoms with Crippen LogP contribution in [0.1, 0.15) is 41.0 Å². The summed E-state index contributed by atoms with van der Waals surface area (Å²) in [6.07, 6.45) is 0.336. The lowest BCUT2D eigenvalue weighted by Crippen LogP contribution is -2.38. The van der Waals surface area contributed by atoms with Crippen molar-refractivity contribution in [1.29, 1.82) is 0 Å². The lowest BCUT2D eigenvalue weighted by atomic mass is 10.1. The van der Waals surface area contributed by atoms with Gasteiger partial charge in [-0.05, 0) is 34.1 Å². The zero-order chi connectivity index (χ0) is 13.5. The molecule has 1 atom stereocenters. The molecule has 102 valence electrons. The van der Waals surface area contributed by atoms with Crippen molar-refractivity contribution >= 4 is 13.6 Å². The largest absolute Gasteiger partial charge is 0.465 e. The monoisotopic (exact) mass is 266 g/mol. The van der Waals surface area contributed by atoms with Gasteiger partial charge >= 0.3 is 13.6 Å². The molecule has 0 aliphatic carbocycles. The van der Waals surface area contributed by atoms with Crippen LogP contribution in [0.25, 0.3) is 0 Å². The number of ether oxygens (including phenoxy) is 1. The van der Waals surface area contributed by atoms with E-state index < -0.39 is 18.7 Å². The van der Waals surface area contributed by atoms with Crippen molar-refractivity contribution in [3.8, 4) is 0 Å². The fourth-order valence-electron chi connectivity index (χ4n) is 1.40. The molecule has 0 aliphatic heterocycles. The van der Waals surface area contributed by atoms with Crippen molar-refractivity contribution in [3.63, 3.8) is 0 Å². The number of rotatable bonds is 8. The Kier molecular flexibility index (Phi) is 6.98. The minimum absolute atomic E-state index is 0.228. The maximum absolute atomic E-state index is 12.6. The molecule has 0 aromatic rings. The molecule has 0 saturated heterocycles. The SMILES string of the molecule is CCOC(=O)C(C)(CC)P(=O)(OCC)OCC. The molecule has 5 nitrogen and oxygen atoms in total. The summed E-state index contributed by atoms with van der Waals surface area (Å²) in [6, 6.07) is 0. The van der Waals surface area contributed by atoms with Crippen LogP contribution < -0.4 is 0 Å². The van der Waals surface area contributed by atoms with Crippen molar-refractivity contribution in [2.24, 2.45) is 0 Å². The van der Waals surface area contributed by atoms with Crippen LogP contribution in [-0.4, -0.2) is 30.9 Å². The molecule has 0 fully saturated rings. The van der Waals surface area contributed by atoms with E-state index in [1.807, 2.05) is 0 Å². The van der Waals surface area contributed by atoms with Gasteiger partial charge < -0.3 is 13.8 Å². The van der Waals surface area contributed by atoms with Gasteiger partial charge in [-0.1, -0.05) is 6.92 Å². The summed E-state index contributed by atoms with van der Waals surface area (Å²) in [5.74, 6) is -0.535. The minimum Gasteiger partial charge on any atom is -0.465 e. The second kappa shape index (κ2) is 7.14. The van der Waals surface area contributed by atoms with Gasteiger partial charge in [0.25, 0.3) is 0 Å². The number of hydrogen-bond donors (Lipinski definition) is 0. The van der Waals surface area contributed by atoms with E-state index in [1.54, 1.807) is 34.6 Å². The van der Waals surface area contributed by atoms with Crippen LogP contribution in [0.5, 0.6) is 0 Å². The summed E-state index contributed by atoms with van der Waals surface area (Å²) in [7, 11) is -3.50. The van der Waals surface area contributed by atoms with Gasteiger partial charge in [-0.3, -0.25) is 9.36 Å². The molecular weight excluding hydrogens is 243 g/mol. The van der Waals surface area contributed by atoms with E-state index in [0.29, 0.717) is 6.42 Å². The molecule has 17 heavy (non-hydrogen) atoms. The van der Waals surface area contributed by atoms with Gasteiger partial charge in [0, 0.05) is 0 Å². The first-order valence-electron chi connectivity index (χ1n) is 5.98. The van der Waals surface area contributed by atoms with Crippen molar-refractivity contribution in [2.45, 2.75) is 46.2 Å². The molecule has 0 radical (unpaired) electrons. The van der Waals surface area contributed by atoms with Crippen LogP contribution in [0, 0.1) is 0 Å². The molecule has 0 rings (SSSR count). The molecule has 0 N–H and O–H groups in total. The third kappa shape index (κ3) is 3.54. The van der Waals surface area contributed by atoms with Crippen LogP contribution in [0.3, 0.4) is 0 Å². The summed E-state index contributed by atoms with van der Waals surface area (Å²) in [5.41, 5.74) is 0. The molecule has 0 spiro atoms. The van der Waals surface area contributed by atoms with Gasteiger partial charge in [-0.25, -0.2) is 0 Å². The minimum atomic E-state index is -3.50. The third-order valence-electron chi connectivity index (χ3n) is 2.61. The van der Waals surface area contributed by atoms with E-state index in [0.717, 1.165) is 0 Å². The number of carbonyl (C=O) groups excluding carboxylic acids is 1. The lowest BCUT2D eigenvalue weighted by molar-refractivity contribution is -0.146. The van der Waals surface area contributed by atoms with Crippen LogP contribution in [0.2, 0.25) is 0 Å². The zero-order valence-electron chi connectivity index (χ0n) is 11.3. The number of carbonyl (C=O) groups is 1. The van der Waals surface area contributed by atoms with Gasteiger partial charge in [0.15, 0.2) is 5.16 Å². The topological polar surface area (TPSA) is 61.8 Å². The van der Waals surface area contributed by atoms with Gasteiger partial charge in [-0.2, -0.15) is 0 Å². The Labute approximate surface area is 103 Å². The van der Waals surface area contributed by atoms with Crippen molar-refractivity contribution in [3.05, 3.63) is 0 Å². The maximum atomic E-state index is 12.6. The molecule has 0 aliphatic rings. The Hall–Kier alpha value is -0.380. The highest BCUT2D eigenvalue weighted by atomic mass is 31.2. The molecule has 0 amide bonds. The van der Waals surface area contributed by atoms with E-state index in [1.165, 1.54) is 0 Å². The van der Waals surface area contributed by atoms with E-state index in [2.05, 4.69) is 0 Å². The molecule has 0 aromatic carbocycles. The molecule has 0 bridgehead atoms. The molecule has 6 heteroatoms. The fraction of sp³-hybridized carbons (Fsp3) is 0.909. The van der Waals surface area contributed by atoms with Crippen molar-refractivity contribution < 1.29 is 23.1 Å². The van der Waals surface area contributed by atoms with Gasteiger partial charge in [0.05, 0.1) is 19.8 Å². The van der Waals surface area contributed by atoms with E-state index >= 15 is 0 Å². The zero-order valence-corrected chi connectivity index (χ0v) is 12.2. The van der Waals surface area contributed by atoms with Crippen LogP contribution in [0.15, 0.2) is 0 Å². The third-order valence-corrected chi connectivity index (χ3v) is 5.51. The number of hydrogen-bond acceptors (Lipinski definition) is 5. The summed E-state index contributed by atoms with van der Waals surface area (Å²) in [6.45, 7) is 9.17. The van der Waals surface area contributed by atoms with Gasteiger partial charge in [-0.15, -0.1) is 0 Å². The average molecular weight is 266 g/mol. The lowest BCUT2D eigenvalue weighted by Gasteiger charge is -2.32. The highest BCUT2D eigenvalue weighted by Gasteiger charge is 2.53. The Morgan fingerprint density at radius 2 is 1.53 bits per heavy atom. The highest BCUT2D eigenvalue weighted by molar-refractivity contribution is 7.56. The predicted molar refractivity (Wildman–Crippen MR) is 66.2 cm³/mol. The normalized spacial score (nSPS) is 15.4. The summed E-state index contributed by atoms with van der Waals surface area (Å²) >= 11 is 0. The molecule has 0 aromatic heterocycles. The van der Waals surface area contributed by atoms with Crippen molar-refractivity contribution in [1.82, 2.24) is 0 Å². The van der Waals surface area contributed by atoms with E-state index in [9.17, 15) is 9.36 Å². The average Bonchev–Trinajstić information content (AvgIpc) is 2.28. The fourth-order valence-corrected chi connectivity index (χ4v) is 3.40. The van der Waals surface area contributed by atoms with Crippen LogP contribution in [-0.2, 0) is 23.1 Å². The van der Waals surface area contributed by atoms with E-state index in [-0.39, 0.29) is 19.8 Å². The van der Waals surface area contributed by atoms with Gasteiger partial charge in [0.1, 0.15) is 0 Å². The first-order chi connectivity index (χ1) is 7.91. The Balaban J connectivity index is 5.26. The number of esters is 1. The van der Waals surface area contributed by atoms with Gasteiger partial charge in [0.2, 0.25) is 0 Å². The Bertz CT molecular complexity index is 282. The summed E-state index contributed by atoms with van der Waals surface area (Å²) < 4.78 is 28.1. The molecule has 1 unspecified atom stereocenters. The smallest absolute Gasteiger partial charge is 0.347 e. The first-order valence-corrected chi connectivity index (χ1v) is 7.52. The Morgan fingerprint density at radius 3 is 1.82 bits per heavy atom. The second-order valence-corrected chi connectivity index (χ2v) is 6.18. The second-order valence-electron chi connectivity index (χ2n) is 3.68. The quantitative estimate of drug-likeness (QED) is 0.499. The molecular formula is C11H23O5P. The van der Waals surface area contributed by atoms with Crippen LogP contribution in [0.4, 0.5) is 0 Å². The van der Waals surface area contributed by atoms with Crippen molar-refractivity contribution in [2.75, 3.05) is 19.8 Å². The maximum Gasteiger partial charge on any atom is 0.347 e. The molecule has 0 saturated carbocycles. The first kappa shape index (κ1) is 16.6. The predicted octanol–water partition coefficient (Wildman–Crippen LogP) is 2.98. The van der Waals surface area contributed by atoms with Crippen LogP contribution >= 0.6 is 7.60 Å². The molecule has 0 heterocycles.